The summed E-state index contributed by atoms with van der Waals surface area (Å²) >= 11 is 1.67. The van der Waals surface area contributed by atoms with Gasteiger partial charge in [-0.15, -0.1) is 11.3 Å². The zero-order valence-electron chi connectivity index (χ0n) is 15.5. The van der Waals surface area contributed by atoms with Crippen LogP contribution in [0.15, 0.2) is 54.2 Å². The maximum absolute atomic E-state index is 12.4. The van der Waals surface area contributed by atoms with Crippen molar-refractivity contribution in [3.8, 4) is 0 Å². The lowest BCUT2D eigenvalue weighted by Crippen LogP contribution is -2.14. The first kappa shape index (κ1) is 20.7. The van der Waals surface area contributed by atoms with E-state index < -0.39 is 18.9 Å². The molecule has 2 aromatic heterocycles. The molecular formula is C20H20F2N4O2S. The van der Waals surface area contributed by atoms with Crippen LogP contribution in [-0.4, -0.2) is 28.0 Å². The molecule has 3 rings (SSSR count). The third-order valence-electron chi connectivity index (χ3n) is 4.03. The van der Waals surface area contributed by atoms with E-state index in [2.05, 4.69) is 15.7 Å². The number of anilines is 2. The highest BCUT2D eigenvalue weighted by molar-refractivity contribution is 7.09. The van der Waals surface area contributed by atoms with Crippen LogP contribution in [-0.2, 0) is 17.8 Å². The summed E-state index contributed by atoms with van der Waals surface area (Å²) in [4.78, 5) is 25.7. The Morgan fingerprint density at radius 2 is 2.00 bits per heavy atom. The summed E-state index contributed by atoms with van der Waals surface area (Å²) in [7, 11) is 0. The summed E-state index contributed by atoms with van der Waals surface area (Å²) in [5, 5.41) is 11.2. The topological polar surface area (TPSA) is 76.0 Å². The molecule has 3 aromatic rings. The molecule has 2 heterocycles. The summed E-state index contributed by atoms with van der Waals surface area (Å²) in [5.41, 5.74) is 1.17. The smallest absolute Gasteiger partial charge is 0.257 e. The van der Waals surface area contributed by atoms with Gasteiger partial charge in [-0.3, -0.25) is 14.3 Å². The quantitative estimate of drug-likeness (QED) is 0.540. The van der Waals surface area contributed by atoms with Gasteiger partial charge in [-0.25, -0.2) is 8.78 Å². The lowest BCUT2D eigenvalue weighted by molar-refractivity contribution is -0.116. The number of nitrogens with one attached hydrogen (secondary N) is 2. The number of aryl methyl sites for hydroxylation is 1. The Labute approximate surface area is 170 Å². The van der Waals surface area contributed by atoms with E-state index in [1.54, 1.807) is 35.6 Å². The molecule has 0 unspecified atom stereocenters. The average Bonchev–Trinajstić information content (AvgIpc) is 3.33. The first-order chi connectivity index (χ1) is 14.0. The summed E-state index contributed by atoms with van der Waals surface area (Å²) < 4.78 is 25.8. The standard InChI is InChI=1S/C20H20F2N4O2S/c21-18(22)13-26-12-16(11-23-26)25-20(28)14-4-1-5-15(10-14)24-19(27)8-2-6-17-7-3-9-29-17/h1,3-5,7,9-12,18H,2,6,8,13H2,(H,24,27)(H,25,28). The van der Waals surface area contributed by atoms with E-state index >= 15 is 0 Å². The van der Waals surface area contributed by atoms with Gasteiger partial charge in [0.1, 0.15) is 6.54 Å². The Morgan fingerprint density at radius 3 is 2.76 bits per heavy atom. The van der Waals surface area contributed by atoms with Crippen LogP contribution < -0.4 is 10.6 Å². The first-order valence-electron chi connectivity index (χ1n) is 9.04. The zero-order chi connectivity index (χ0) is 20.6. The van der Waals surface area contributed by atoms with E-state index in [4.69, 9.17) is 0 Å². The van der Waals surface area contributed by atoms with Crippen LogP contribution in [0.2, 0.25) is 0 Å². The second-order valence-electron chi connectivity index (χ2n) is 6.36. The number of amides is 2. The maximum atomic E-state index is 12.4. The number of hydrogen-bond donors (Lipinski definition) is 2. The van der Waals surface area contributed by atoms with Crippen LogP contribution in [0, 0.1) is 0 Å². The predicted molar refractivity (Wildman–Crippen MR) is 109 cm³/mol. The van der Waals surface area contributed by atoms with Crippen molar-refractivity contribution in [3.63, 3.8) is 0 Å². The van der Waals surface area contributed by atoms with Crippen molar-refractivity contribution in [3.05, 3.63) is 64.6 Å². The molecule has 0 radical (unpaired) electrons. The Balaban J connectivity index is 1.52. The van der Waals surface area contributed by atoms with Crippen LogP contribution in [0.3, 0.4) is 0 Å². The molecule has 6 nitrogen and oxygen atoms in total. The monoisotopic (exact) mass is 418 g/mol. The summed E-state index contributed by atoms with van der Waals surface area (Å²) in [5.74, 6) is -0.539. The minimum absolute atomic E-state index is 0.118. The van der Waals surface area contributed by atoms with Crippen molar-refractivity contribution < 1.29 is 18.4 Å². The van der Waals surface area contributed by atoms with Crippen molar-refractivity contribution in [2.75, 3.05) is 10.6 Å². The number of rotatable bonds is 9. The van der Waals surface area contributed by atoms with Crippen LogP contribution in [0.4, 0.5) is 20.2 Å². The average molecular weight is 418 g/mol. The fraction of sp³-hybridized carbons (Fsp3) is 0.250. The van der Waals surface area contributed by atoms with Gasteiger partial charge in [-0.1, -0.05) is 12.1 Å². The molecule has 0 spiro atoms. The van der Waals surface area contributed by atoms with Crippen LogP contribution >= 0.6 is 11.3 Å². The van der Waals surface area contributed by atoms with Gasteiger partial charge in [-0.05, 0) is 42.5 Å². The highest BCUT2D eigenvalue weighted by Gasteiger charge is 2.11. The zero-order valence-corrected chi connectivity index (χ0v) is 16.3. The van der Waals surface area contributed by atoms with Crippen LogP contribution in [0.25, 0.3) is 0 Å². The number of aromatic nitrogens is 2. The number of alkyl halides is 2. The third kappa shape index (κ3) is 6.49. The Kier molecular flexibility index (Phi) is 7.07. The minimum Gasteiger partial charge on any atom is -0.326 e. The van der Waals surface area contributed by atoms with Gasteiger partial charge in [0.2, 0.25) is 5.91 Å². The van der Waals surface area contributed by atoms with Crippen molar-refractivity contribution >= 4 is 34.5 Å². The fourth-order valence-electron chi connectivity index (χ4n) is 2.71. The molecule has 0 aliphatic rings. The molecule has 152 valence electrons. The van der Waals surface area contributed by atoms with Gasteiger partial charge in [0.15, 0.2) is 0 Å². The minimum atomic E-state index is -2.52. The van der Waals surface area contributed by atoms with Crippen molar-refractivity contribution in [1.29, 1.82) is 0 Å². The molecule has 1 aromatic carbocycles. The molecule has 29 heavy (non-hydrogen) atoms. The Hall–Kier alpha value is -3.07. The second kappa shape index (κ2) is 9.92. The normalized spacial score (nSPS) is 10.9. The van der Waals surface area contributed by atoms with Gasteiger partial charge < -0.3 is 10.6 Å². The maximum Gasteiger partial charge on any atom is 0.257 e. The van der Waals surface area contributed by atoms with Crippen LogP contribution in [0.1, 0.15) is 28.1 Å². The Bertz CT molecular complexity index is 957. The van der Waals surface area contributed by atoms with Gasteiger partial charge in [-0.2, -0.15) is 5.10 Å². The second-order valence-corrected chi connectivity index (χ2v) is 7.39. The summed E-state index contributed by atoms with van der Waals surface area (Å²) in [6, 6.07) is 10.6. The highest BCUT2D eigenvalue weighted by atomic mass is 32.1. The molecule has 2 N–H and O–H groups in total. The fourth-order valence-corrected chi connectivity index (χ4v) is 3.46. The van der Waals surface area contributed by atoms with E-state index in [1.807, 2.05) is 17.5 Å². The number of halogens is 2. The van der Waals surface area contributed by atoms with Crippen molar-refractivity contribution in [2.45, 2.75) is 32.2 Å². The molecule has 9 heteroatoms. The lowest BCUT2D eigenvalue weighted by Gasteiger charge is -2.08. The van der Waals surface area contributed by atoms with Crippen molar-refractivity contribution in [2.24, 2.45) is 0 Å². The van der Waals surface area contributed by atoms with E-state index in [1.165, 1.54) is 17.3 Å². The first-order valence-corrected chi connectivity index (χ1v) is 9.92. The third-order valence-corrected chi connectivity index (χ3v) is 4.97. The molecule has 0 aliphatic heterocycles. The van der Waals surface area contributed by atoms with E-state index in [0.717, 1.165) is 17.5 Å². The number of nitrogens with zero attached hydrogens (tertiary/aromatic N) is 2. The lowest BCUT2D eigenvalue weighted by atomic mass is 10.1. The molecule has 0 atom stereocenters. The van der Waals surface area contributed by atoms with E-state index in [9.17, 15) is 18.4 Å². The largest absolute Gasteiger partial charge is 0.326 e. The number of benzene rings is 1. The molecule has 0 bridgehead atoms. The SMILES string of the molecule is O=C(CCCc1cccs1)Nc1cccc(C(=O)Nc2cnn(CC(F)F)c2)c1. The van der Waals surface area contributed by atoms with Gasteiger partial charge in [0.25, 0.3) is 12.3 Å². The van der Waals surface area contributed by atoms with E-state index in [-0.39, 0.29) is 5.91 Å². The number of carbonyl (C=O) groups excluding carboxylic acids is 2. The van der Waals surface area contributed by atoms with Crippen molar-refractivity contribution in [1.82, 2.24) is 9.78 Å². The molecule has 0 saturated carbocycles. The predicted octanol–water partition coefficient (Wildman–Crippen LogP) is 4.42. The summed E-state index contributed by atoms with van der Waals surface area (Å²) in [6.07, 6.45) is 2.10. The number of hydrogen-bond acceptors (Lipinski definition) is 4. The van der Waals surface area contributed by atoms with E-state index in [0.29, 0.717) is 23.4 Å². The molecule has 0 fully saturated rings. The Morgan fingerprint density at radius 1 is 1.14 bits per heavy atom. The number of carbonyl (C=O) groups is 2. The molecule has 0 saturated heterocycles. The highest BCUT2D eigenvalue weighted by Crippen LogP contribution is 2.16. The summed E-state index contributed by atoms with van der Waals surface area (Å²) in [6.45, 7) is -0.538. The van der Waals surface area contributed by atoms with Gasteiger partial charge in [0, 0.05) is 28.7 Å². The molecule has 0 aliphatic carbocycles. The number of thiophene rings is 1. The van der Waals surface area contributed by atoms with Crippen LogP contribution in [0.5, 0.6) is 0 Å². The molecule has 2 amide bonds. The van der Waals surface area contributed by atoms with Gasteiger partial charge in [0.05, 0.1) is 11.9 Å². The van der Waals surface area contributed by atoms with Gasteiger partial charge >= 0.3 is 0 Å². The molecular weight excluding hydrogens is 398 g/mol.